The first-order valence-electron chi connectivity index (χ1n) is 4.98. The van der Waals surface area contributed by atoms with Crippen LogP contribution < -0.4 is 5.32 Å². The number of nitrogens with zero attached hydrogens (tertiary/aromatic N) is 2. The van der Waals surface area contributed by atoms with Gasteiger partial charge in [-0.1, -0.05) is 23.4 Å². The number of para-hydroxylation sites is 1. The number of nitrogens with one attached hydrogen (secondary N) is 1. The molecule has 16 heavy (non-hydrogen) atoms. The highest BCUT2D eigenvalue weighted by Crippen LogP contribution is 2.07. The Hall–Kier alpha value is -1.88. The number of rotatable bonds is 5. The van der Waals surface area contributed by atoms with Crippen LogP contribution in [0.1, 0.15) is 11.7 Å². The summed E-state index contributed by atoms with van der Waals surface area (Å²) >= 11 is 0. The molecule has 0 aliphatic carbocycles. The van der Waals surface area contributed by atoms with Crippen molar-refractivity contribution in [2.24, 2.45) is 0 Å². The van der Waals surface area contributed by atoms with Crippen LogP contribution in [0.4, 0.5) is 5.69 Å². The molecule has 0 bridgehead atoms. The first kappa shape index (κ1) is 10.6. The van der Waals surface area contributed by atoms with E-state index in [1.807, 2.05) is 30.3 Å². The third-order valence-corrected chi connectivity index (χ3v) is 2.00. The number of aromatic nitrogens is 2. The van der Waals surface area contributed by atoms with E-state index in [9.17, 15) is 0 Å². The Morgan fingerprint density at radius 3 is 2.88 bits per heavy atom. The average molecular weight is 219 g/mol. The minimum Gasteiger partial charge on any atom is -0.377 e. The Morgan fingerprint density at radius 1 is 1.31 bits per heavy atom. The molecule has 0 saturated heterocycles. The van der Waals surface area contributed by atoms with E-state index in [2.05, 4.69) is 15.5 Å². The summed E-state index contributed by atoms with van der Waals surface area (Å²) in [5.74, 6) is 1.11. The number of hydrogen-bond donors (Lipinski definition) is 1. The second-order valence-electron chi connectivity index (χ2n) is 3.26. The van der Waals surface area contributed by atoms with Crippen LogP contribution in [0.25, 0.3) is 0 Å². The van der Waals surface area contributed by atoms with Crippen molar-refractivity contribution in [2.75, 3.05) is 12.4 Å². The fourth-order valence-electron chi connectivity index (χ4n) is 1.28. The second-order valence-corrected chi connectivity index (χ2v) is 3.26. The SMILES string of the molecule is COCc1noc(CNc2ccccc2)n1. The van der Waals surface area contributed by atoms with Gasteiger partial charge in [0.25, 0.3) is 0 Å². The molecular weight excluding hydrogens is 206 g/mol. The fourth-order valence-corrected chi connectivity index (χ4v) is 1.28. The third-order valence-electron chi connectivity index (χ3n) is 2.00. The summed E-state index contributed by atoms with van der Waals surface area (Å²) in [5.41, 5.74) is 1.02. The highest BCUT2D eigenvalue weighted by Gasteiger charge is 2.04. The van der Waals surface area contributed by atoms with Crippen molar-refractivity contribution < 1.29 is 9.26 Å². The molecule has 1 heterocycles. The molecule has 0 fully saturated rings. The zero-order valence-electron chi connectivity index (χ0n) is 9.01. The van der Waals surface area contributed by atoms with Gasteiger partial charge in [0.2, 0.25) is 5.89 Å². The van der Waals surface area contributed by atoms with Gasteiger partial charge < -0.3 is 14.6 Å². The molecular formula is C11H13N3O2. The van der Waals surface area contributed by atoms with Crippen LogP contribution in [0.3, 0.4) is 0 Å². The van der Waals surface area contributed by atoms with Gasteiger partial charge in [-0.2, -0.15) is 4.98 Å². The smallest absolute Gasteiger partial charge is 0.246 e. The van der Waals surface area contributed by atoms with E-state index in [1.54, 1.807) is 7.11 Å². The summed E-state index contributed by atoms with van der Waals surface area (Å²) in [7, 11) is 1.60. The summed E-state index contributed by atoms with van der Waals surface area (Å²) in [5, 5.41) is 6.95. The quantitative estimate of drug-likeness (QED) is 0.831. The van der Waals surface area contributed by atoms with Gasteiger partial charge in [0.15, 0.2) is 5.82 Å². The molecule has 0 atom stereocenters. The predicted octanol–water partition coefficient (Wildman–Crippen LogP) is 1.83. The van der Waals surface area contributed by atoms with Crippen molar-refractivity contribution in [3.05, 3.63) is 42.0 Å². The summed E-state index contributed by atoms with van der Waals surface area (Å²) in [6.45, 7) is 0.884. The van der Waals surface area contributed by atoms with Crippen molar-refractivity contribution in [3.8, 4) is 0 Å². The van der Waals surface area contributed by atoms with Crippen LogP contribution in [0, 0.1) is 0 Å². The van der Waals surface area contributed by atoms with Gasteiger partial charge in [0.05, 0.1) is 6.54 Å². The Labute approximate surface area is 93.4 Å². The molecule has 0 unspecified atom stereocenters. The Morgan fingerprint density at radius 2 is 2.12 bits per heavy atom. The molecule has 2 aromatic rings. The lowest BCUT2D eigenvalue weighted by Gasteiger charge is -2.01. The molecule has 0 radical (unpaired) electrons. The van der Waals surface area contributed by atoms with Gasteiger partial charge in [-0.05, 0) is 12.1 Å². The van der Waals surface area contributed by atoms with Gasteiger partial charge in [0, 0.05) is 12.8 Å². The normalized spacial score (nSPS) is 10.3. The highest BCUT2D eigenvalue weighted by molar-refractivity contribution is 5.42. The monoisotopic (exact) mass is 219 g/mol. The van der Waals surface area contributed by atoms with Crippen LogP contribution in [0.5, 0.6) is 0 Å². The molecule has 0 amide bonds. The molecule has 2 rings (SSSR count). The zero-order valence-corrected chi connectivity index (χ0v) is 9.01. The topological polar surface area (TPSA) is 60.2 Å². The Bertz CT molecular complexity index is 428. The second kappa shape index (κ2) is 5.27. The maximum absolute atomic E-state index is 5.04. The minimum atomic E-state index is 0.370. The molecule has 1 aromatic heterocycles. The molecule has 1 aromatic carbocycles. The standard InChI is InChI=1S/C11H13N3O2/c1-15-8-10-13-11(16-14-10)7-12-9-5-3-2-4-6-9/h2-6,12H,7-8H2,1H3. The number of hydrogen-bond acceptors (Lipinski definition) is 5. The summed E-state index contributed by atoms with van der Waals surface area (Å²) in [4.78, 5) is 4.15. The van der Waals surface area contributed by atoms with Crippen LogP contribution in [0.15, 0.2) is 34.9 Å². The molecule has 5 heteroatoms. The van der Waals surface area contributed by atoms with E-state index in [1.165, 1.54) is 0 Å². The number of benzene rings is 1. The van der Waals surface area contributed by atoms with E-state index < -0.39 is 0 Å². The van der Waals surface area contributed by atoms with Gasteiger partial charge in [-0.25, -0.2) is 0 Å². The molecule has 84 valence electrons. The summed E-state index contributed by atoms with van der Waals surface area (Å²) in [6.07, 6.45) is 0. The Balaban J connectivity index is 1.89. The lowest BCUT2D eigenvalue weighted by molar-refractivity contribution is 0.174. The van der Waals surface area contributed by atoms with Crippen molar-refractivity contribution in [1.29, 1.82) is 0 Å². The molecule has 1 N–H and O–H groups in total. The summed E-state index contributed by atoms with van der Waals surface area (Å²) in [6, 6.07) is 9.85. The van der Waals surface area contributed by atoms with Gasteiger partial charge >= 0.3 is 0 Å². The van der Waals surface area contributed by atoms with Crippen LogP contribution in [-0.4, -0.2) is 17.3 Å². The molecule has 5 nitrogen and oxygen atoms in total. The number of ether oxygens (including phenoxy) is 1. The first-order chi connectivity index (χ1) is 7.88. The molecule has 0 saturated carbocycles. The van der Waals surface area contributed by atoms with Crippen molar-refractivity contribution in [1.82, 2.24) is 10.1 Å². The maximum Gasteiger partial charge on any atom is 0.246 e. The predicted molar refractivity (Wildman–Crippen MR) is 58.8 cm³/mol. The Kier molecular flexibility index (Phi) is 3.50. The van der Waals surface area contributed by atoms with Crippen LogP contribution in [0.2, 0.25) is 0 Å². The third kappa shape index (κ3) is 2.80. The number of anilines is 1. The van der Waals surface area contributed by atoms with E-state index >= 15 is 0 Å². The van der Waals surface area contributed by atoms with Crippen molar-refractivity contribution in [3.63, 3.8) is 0 Å². The minimum absolute atomic E-state index is 0.370. The van der Waals surface area contributed by atoms with E-state index in [4.69, 9.17) is 9.26 Å². The summed E-state index contributed by atoms with van der Waals surface area (Å²) < 4.78 is 9.93. The van der Waals surface area contributed by atoms with Gasteiger partial charge in [0.1, 0.15) is 6.61 Å². The van der Waals surface area contributed by atoms with Crippen molar-refractivity contribution in [2.45, 2.75) is 13.2 Å². The fraction of sp³-hybridized carbons (Fsp3) is 0.273. The van der Waals surface area contributed by atoms with Crippen LogP contribution >= 0.6 is 0 Å². The van der Waals surface area contributed by atoms with E-state index in [0.717, 1.165) is 5.69 Å². The average Bonchev–Trinajstić information content (AvgIpc) is 2.76. The van der Waals surface area contributed by atoms with E-state index in [-0.39, 0.29) is 0 Å². The zero-order chi connectivity index (χ0) is 11.2. The van der Waals surface area contributed by atoms with Gasteiger partial charge in [-0.15, -0.1) is 0 Å². The lowest BCUT2D eigenvalue weighted by atomic mass is 10.3. The number of methoxy groups -OCH3 is 1. The highest BCUT2D eigenvalue weighted by atomic mass is 16.5. The van der Waals surface area contributed by atoms with Crippen LogP contribution in [-0.2, 0) is 17.9 Å². The first-order valence-corrected chi connectivity index (χ1v) is 4.98. The lowest BCUT2D eigenvalue weighted by Crippen LogP contribution is -1.99. The van der Waals surface area contributed by atoms with Crippen molar-refractivity contribution >= 4 is 5.69 Å². The maximum atomic E-state index is 5.04. The van der Waals surface area contributed by atoms with Gasteiger partial charge in [-0.3, -0.25) is 0 Å². The molecule has 0 spiro atoms. The van der Waals surface area contributed by atoms with E-state index in [0.29, 0.717) is 24.9 Å². The largest absolute Gasteiger partial charge is 0.377 e. The molecule has 0 aliphatic rings. The molecule has 0 aliphatic heterocycles.